The second kappa shape index (κ2) is 9.50. The average molecular weight is 527 g/mol. The molecule has 0 N–H and O–H groups in total. The van der Waals surface area contributed by atoms with E-state index in [2.05, 4.69) is 48.5 Å². The van der Waals surface area contributed by atoms with E-state index < -0.39 is 0 Å². The molecule has 41 heavy (non-hydrogen) atoms. The molecule has 3 aromatic heterocycles. The molecule has 3 heterocycles. The fourth-order valence-electron chi connectivity index (χ4n) is 5.23. The number of furan rings is 1. The summed E-state index contributed by atoms with van der Waals surface area (Å²) in [6.45, 7) is 0. The SMILES string of the molecule is c1ccc(-c2nc(-c3ccccc3)nc(-c3ccc(-c4ccc5nc6c(cc5c4)oc4ccccc46)cc3)n2)cc1. The van der Waals surface area contributed by atoms with E-state index in [9.17, 15) is 0 Å². The van der Waals surface area contributed by atoms with Crippen LogP contribution in [-0.2, 0) is 0 Å². The Morgan fingerprint density at radius 3 is 1.59 bits per heavy atom. The van der Waals surface area contributed by atoms with Crippen LogP contribution in [0.25, 0.3) is 78.3 Å². The van der Waals surface area contributed by atoms with E-state index in [1.54, 1.807) is 0 Å². The lowest BCUT2D eigenvalue weighted by atomic mass is 10.0. The van der Waals surface area contributed by atoms with Gasteiger partial charge >= 0.3 is 0 Å². The Hall–Kier alpha value is -5.68. The van der Waals surface area contributed by atoms with E-state index in [1.807, 2.05) is 84.9 Å². The lowest BCUT2D eigenvalue weighted by Gasteiger charge is -2.09. The van der Waals surface area contributed by atoms with Gasteiger partial charge in [-0.2, -0.15) is 0 Å². The molecule has 5 heteroatoms. The zero-order valence-electron chi connectivity index (χ0n) is 21.9. The first kappa shape index (κ1) is 23.2. The van der Waals surface area contributed by atoms with Gasteiger partial charge in [-0.1, -0.05) is 103 Å². The third-order valence-corrected chi connectivity index (χ3v) is 7.32. The molecule has 0 atom stereocenters. The van der Waals surface area contributed by atoms with Crippen LogP contribution in [-0.4, -0.2) is 19.9 Å². The summed E-state index contributed by atoms with van der Waals surface area (Å²) in [5, 5.41) is 2.07. The molecule has 0 spiro atoms. The molecule has 0 amide bonds. The predicted octanol–water partition coefficient (Wildman–Crippen LogP) is 8.99. The number of benzene rings is 5. The van der Waals surface area contributed by atoms with E-state index >= 15 is 0 Å². The summed E-state index contributed by atoms with van der Waals surface area (Å²) >= 11 is 0. The smallest absolute Gasteiger partial charge is 0.164 e. The van der Waals surface area contributed by atoms with Gasteiger partial charge in [0.25, 0.3) is 0 Å². The summed E-state index contributed by atoms with van der Waals surface area (Å²) in [5.41, 5.74) is 8.52. The van der Waals surface area contributed by atoms with E-state index in [0.717, 1.165) is 60.8 Å². The minimum atomic E-state index is 0.638. The van der Waals surface area contributed by atoms with Gasteiger partial charge in [-0.3, -0.25) is 0 Å². The van der Waals surface area contributed by atoms with Gasteiger partial charge < -0.3 is 4.42 Å². The van der Waals surface area contributed by atoms with Crippen molar-refractivity contribution in [2.45, 2.75) is 0 Å². The molecule has 0 saturated heterocycles. The summed E-state index contributed by atoms with van der Waals surface area (Å²) < 4.78 is 6.07. The molecule has 0 unspecified atom stereocenters. The van der Waals surface area contributed by atoms with Crippen LogP contribution < -0.4 is 0 Å². The number of hydrogen-bond acceptors (Lipinski definition) is 5. The lowest BCUT2D eigenvalue weighted by Crippen LogP contribution is -2.00. The number of fused-ring (bicyclic) bond motifs is 4. The minimum Gasteiger partial charge on any atom is -0.454 e. The van der Waals surface area contributed by atoms with Gasteiger partial charge in [0.1, 0.15) is 11.1 Å². The van der Waals surface area contributed by atoms with Crippen LogP contribution >= 0.6 is 0 Å². The Morgan fingerprint density at radius 1 is 0.390 bits per heavy atom. The lowest BCUT2D eigenvalue weighted by molar-refractivity contribution is 0.669. The highest BCUT2D eigenvalue weighted by atomic mass is 16.3. The summed E-state index contributed by atoms with van der Waals surface area (Å²) in [7, 11) is 0. The maximum Gasteiger partial charge on any atom is 0.164 e. The minimum absolute atomic E-state index is 0.638. The highest BCUT2D eigenvalue weighted by molar-refractivity contribution is 6.06. The first-order valence-electron chi connectivity index (χ1n) is 13.5. The van der Waals surface area contributed by atoms with Crippen molar-refractivity contribution in [1.29, 1.82) is 0 Å². The maximum absolute atomic E-state index is 6.07. The monoisotopic (exact) mass is 526 g/mol. The molecule has 8 rings (SSSR count). The summed E-state index contributed by atoms with van der Waals surface area (Å²) in [4.78, 5) is 19.4. The number of aromatic nitrogens is 4. The Morgan fingerprint density at radius 2 is 0.927 bits per heavy atom. The van der Waals surface area contributed by atoms with E-state index in [1.165, 1.54) is 0 Å². The summed E-state index contributed by atoms with van der Waals surface area (Å²) in [6, 6.07) is 44.8. The number of rotatable bonds is 4. The third-order valence-electron chi connectivity index (χ3n) is 7.32. The molecule has 0 aliphatic carbocycles. The van der Waals surface area contributed by atoms with Crippen LogP contribution in [0.15, 0.2) is 138 Å². The molecule has 5 aromatic carbocycles. The average Bonchev–Trinajstić information content (AvgIpc) is 3.41. The van der Waals surface area contributed by atoms with Crippen molar-refractivity contribution in [2.75, 3.05) is 0 Å². The van der Waals surface area contributed by atoms with Crippen LogP contribution in [0.4, 0.5) is 0 Å². The van der Waals surface area contributed by atoms with Crippen molar-refractivity contribution in [3.05, 3.63) is 133 Å². The second-order valence-corrected chi connectivity index (χ2v) is 9.96. The molecule has 0 aliphatic heterocycles. The summed E-state index contributed by atoms with van der Waals surface area (Å²) in [6.07, 6.45) is 0. The Balaban J connectivity index is 1.18. The largest absolute Gasteiger partial charge is 0.454 e. The Bertz CT molecular complexity index is 2130. The standard InChI is InChI=1S/C36H22N4O/c1-3-9-24(10-4-1)34-38-35(25-11-5-2-6-12-25)40-36(39-34)26-17-15-23(16-18-26)27-19-20-30-28(21-27)22-32-33(37-30)29-13-7-8-14-31(29)41-32/h1-22H. The van der Waals surface area contributed by atoms with Crippen molar-refractivity contribution in [3.8, 4) is 45.3 Å². The molecule has 0 fully saturated rings. The van der Waals surface area contributed by atoms with E-state index in [4.69, 9.17) is 24.4 Å². The Labute approximate surface area is 235 Å². The summed E-state index contributed by atoms with van der Waals surface area (Å²) in [5.74, 6) is 1.94. The molecule has 0 bridgehead atoms. The molecule has 5 nitrogen and oxygen atoms in total. The highest BCUT2D eigenvalue weighted by Gasteiger charge is 2.13. The van der Waals surface area contributed by atoms with E-state index in [-0.39, 0.29) is 0 Å². The number of para-hydroxylation sites is 1. The topological polar surface area (TPSA) is 64.7 Å². The van der Waals surface area contributed by atoms with Gasteiger partial charge in [0, 0.05) is 27.5 Å². The van der Waals surface area contributed by atoms with Gasteiger partial charge in [0.2, 0.25) is 0 Å². The van der Waals surface area contributed by atoms with Crippen molar-refractivity contribution in [3.63, 3.8) is 0 Å². The quantitative estimate of drug-likeness (QED) is 0.229. The molecule has 8 aromatic rings. The van der Waals surface area contributed by atoms with Crippen LogP contribution in [0.3, 0.4) is 0 Å². The van der Waals surface area contributed by atoms with Crippen molar-refractivity contribution >= 4 is 33.0 Å². The van der Waals surface area contributed by atoms with Gasteiger partial charge in [-0.25, -0.2) is 19.9 Å². The van der Waals surface area contributed by atoms with Crippen LogP contribution in [0, 0.1) is 0 Å². The predicted molar refractivity (Wildman–Crippen MR) is 164 cm³/mol. The normalized spacial score (nSPS) is 11.4. The van der Waals surface area contributed by atoms with Crippen LogP contribution in [0.5, 0.6) is 0 Å². The van der Waals surface area contributed by atoms with Crippen molar-refractivity contribution in [1.82, 2.24) is 19.9 Å². The zero-order valence-corrected chi connectivity index (χ0v) is 21.9. The van der Waals surface area contributed by atoms with Gasteiger partial charge in [0.05, 0.1) is 5.52 Å². The van der Waals surface area contributed by atoms with Gasteiger partial charge in [-0.15, -0.1) is 0 Å². The molecule has 0 radical (unpaired) electrons. The first-order chi connectivity index (χ1) is 20.3. The molecule has 0 aliphatic rings. The van der Waals surface area contributed by atoms with Crippen molar-refractivity contribution < 1.29 is 4.42 Å². The Kier molecular flexibility index (Phi) is 5.38. The molecular formula is C36H22N4O. The molecule has 0 saturated carbocycles. The fraction of sp³-hybridized carbons (Fsp3) is 0. The number of nitrogens with zero attached hydrogens (tertiary/aromatic N) is 4. The van der Waals surface area contributed by atoms with Crippen LogP contribution in [0.2, 0.25) is 0 Å². The fourth-order valence-corrected chi connectivity index (χ4v) is 5.23. The van der Waals surface area contributed by atoms with Crippen LogP contribution in [0.1, 0.15) is 0 Å². The molecule has 192 valence electrons. The second-order valence-electron chi connectivity index (χ2n) is 9.96. The molecular weight excluding hydrogens is 504 g/mol. The van der Waals surface area contributed by atoms with Gasteiger partial charge in [0.15, 0.2) is 23.1 Å². The maximum atomic E-state index is 6.07. The zero-order chi connectivity index (χ0) is 27.2. The van der Waals surface area contributed by atoms with Crippen molar-refractivity contribution in [2.24, 2.45) is 0 Å². The van der Waals surface area contributed by atoms with Gasteiger partial charge in [-0.05, 0) is 41.5 Å². The number of hydrogen-bond donors (Lipinski definition) is 0. The third kappa shape index (κ3) is 4.21. The first-order valence-corrected chi connectivity index (χ1v) is 13.5. The number of pyridine rings is 1. The van der Waals surface area contributed by atoms with E-state index in [0.29, 0.717) is 17.5 Å². The highest BCUT2D eigenvalue weighted by Crippen LogP contribution is 2.32.